The van der Waals surface area contributed by atoms with Crippen LogP contribution in [0.2, 0.25) is 20.1 Å². The summed E-state index contributed by atoms with van der Waals surface area (Å²) in [6.45, 7) is 0. The van der Waals surface area contributed by atoms with Crippen LogP contribution in [-0.2, 0) is 0 Å². The number of alkyl halides is 2. The van der Waals surface area contributed by atoms with E-state index in [1.807, 2.05) is 0 Å². The van der Waals surface area contributed by atoms with E-state index < -0.39 is 6.43 Å². The van der Waals surface area contributed by atoms with Crippen LogP contribution in [0.3, 0.4) is 0 Å². The molecule has 0 spiro atoms. The Labute approximate surface area is 128 Å². The minimum absolute atomic E-state index is 0.00491. The Morgan fingerprint density at radius 3 is 1.74 bits per heavy atom. The second-order valence-corrected chi connectivity index (χ2v) is 5.39. The van der Waals surface area contributed by atoms with Crippen molar-refractivity contribution in [3.8, 4) is 11.1 Å². The summed E-state index contributed by atoms with van der Waals surface area (Å²) >= 11 is 23.5. The number of hydrogen-bond acceptors (Lipinski definition) is 0. The molecular formula is C13H6Cl4F2. The maximum atomic E-state index is 12.6. The van der Waals surface area contributed by atoms with Crippen LogP contribution >= 0.6 is 46.4 Å². The Hall–Kier alpha value is -0.540. The molecule has 100 valence electrons. The summed E-state index contributed by atoms with van der Waals surface area (Å²) in [7, 11) is 0. The monoisotopic (exact) mass is 340 g/mol. The van der Waals surface area contributed by atoms with Gasteiger partial charge >= 0.3 is 0 Å². The fourth-order valence-corrected chi connectivity index (χ4v) is 2.47. The third-order valence-corrected chi connectivity index (χ3v) is 4.08. The smallest absolute Gasteiger partial charge is 0.205 e. The molecule has 0 aromatic heterocycles. The zero-order valence-corrected chi connectivity index (χ0v) is 12.3. The fraction of sp³-hybridized carbons (Fsp3) is 0.0769. The van der Waals surface area contributed by atoms with Gasteiger partial charge in [0.15, 0.2) is 0 Å². The molecular weight excluding hydrogens is 336 g/mol. The highest BCUT2D eigenvalue weighted by atomic mass is 35.5. The van der Waals surface area contributed by atoms with Gasteiger partial charge in [-0.15, -0.1) is 0 Å². The average Bonchev–Trinajstić information content (AvgIpc) is 2.34. The second kappa shape index (κ2) is 5.84. The molecule has 2 rings (SSSR count). The van der Waals surface area contributed by atoms with E-state index in [0.29, 0.717) is 21.2 Å². The molecule has 0 radical (unpaired) electrons. The number of hydrogen-bond donors (Lipinski definition) is 0. The summed E-state index contributed by atoms with van der Waals surface area (Å²) in [5.41, 5.74) is 1.08. The van der Waals surface area contributed by atoms with E-state index in [-0.39, 0.29) is 15.6 Å². The lowest BCUT2D eigenvalue weighted by atomic mass is 10.0. The molecule has 0 aliphatic carbocycles. The molecule has 2 aromatic rings. The maximum absolute atomic E-state index is 12.6. The first-order valence-electron chi connectivity index (χ1n) is 5.12. The molecule has 6 heteroatoms. The number of halogens is 6. The van der Waals surface area contributed by atoms with Crippen molar-refractivity contribution in [1.29, 1.82) is 0 Å². The standard InChI is InChI=1S/C13H6Cl4F2/c14-9-3-6(1-2-8(9)13(18)19)7-4-10(15)12(17)11(16)5-7/h1-5,13H. The third kappa shape index (κ3) is 3.14. The van der Waals surface area contributed by atoms with Crippen LogP contribution in [0, 0.1) is 0 Å². The molecule has 19 heavy (non-hydrogen) atoms. The maximum Gasteiger partial charge on any atom is 0.265 e. The van der Waals surface area contributed by atoms with Crippen molar-refractivity contribution in [3.05, 3.63) is 56.0 Å². The SMILES string of the molecule is FC(F)c1ccc(-c2cc(Cl)c(Cl)c(Cl)c2)cc1Cl. The predicted molar refractivity (Wildman–Crippen MR) is 76.9 cm³/mol. The molecule has 0 heterocycles. The van der Waals surface area contributed by atoms with Gasteiger partial charge in [0, 0.05) is 5.56 Å². The van der Waals surface area contributed by atoms with Crippen LogP contribution in [0.4, 0.5) is 8.78 Å². The normalized spacial score (nSPS) is 11.1. The van der Waals surface area contributed by atoms with Gasteiger partial charge in [-0.25, -0.2) is 8.78 Å². The summed E-state index contributed by atoms with van der Waals surface area (Å²) in [6, 6.07) is 7.45. The van der Waals surface area contributed by atoms with Crippen molar-refractivity contribution in [2.24, 2.45) is 0 Å². The van der Waals surface area contributed by atoms with Gasteiger partial charge in [-0.3, -0.25) is 0 Å². The van der Waals surface area contributed by atoms with Crippen LogP contribution in [-0.4, -0.2) is 0 Å². The number of rotatable bonds is 2. The highest BCUT2D eigenvalue weighted by Crippen LogP contribution is 2.37. The molecule has 0 saturated carbocycles. The molecule has 2 aromatic carbocycles. The van der Waals surface area contributed by atoms with Crippen LogP contribution in [0.25, 0.3) is 11.1 Å². The zero-order chi connectivity index (χ0) is 14.2. The second-order valence-electron chi connectivity index (χ2n) is 3.79. The Morgan fingerprint density at radius 1 is 0.737 bits per heavy atom. The van der Waals surface area contributed by atoms with Gasteiger partial charge in [-0.05, 0) is 29.3 Å². The van der Waals surface area contributed by atoms with Crippen LogP contribution in [0.5, 0.6) is 0 Å². The summed E-state index contributed by atoms with van der Waals surface area (Å²) in [5.74, 6) is 0. The summed E-state index contributed by atoms with van der Waals surface area (Å²) < 4.78 is 25.2. The van der Waals surface area contributed by atoms with Crippen molar-refractivity contribution in [2.45, 2.75) is 6.43 Å². The highest BCUT2D eigenvalue weighted by molar-refractivity contribution is 6.48. The topological polar surface area (TPSA) is 0 Å². The van der Waals surface area contributed by atoms with E-state index in [1.54, 1.807) is 12.1 Å². The van der Waals surface area contributed by atoms with Gasteiger partial charge < -0.3 is 0 Å². The van der Waals surface area contributed by atoms with E-state index in [0.717, 1.165) is 0 Å². The highest BCUT2D eigenvalue weighted by Gasteiger charge is 2.13. The van der Waals surface area contributed by atoms with Gasteiger partial charge in [0.2, 0.25) is 0 Å². The molecule has 0 nitrogen and oxygen atoms in total. The van der Waals surface area contributed by atoms with Crippen molar-refractivity contribution >= 4 is 46.4 Å². The summed E-state index contributed by atoms with van der Waals surface area (Å²) in [6.07, 6.45) is -2.61. The summed E-state index contributed by atoms with van der Waals surface area (Å²) in [4.78, 5) is 0. The number of benzene rings is 2. The molecule has 0 aliphatic rings. The molecule has 0 atom stereocenters. The molecule has 0 saturated heterocycles. The molecule has 0 N–H and O–H groups in total. The largest absolute Gasteiger partial charge is 0.265 e. The van der Waals surface area contributed by atoms with Crippen molar-refractivity contribution < 1.29 is 8.78 Å². The van der Waals surface area contributed by atoms with Gasteiger partial charge in [0.1, 0.15) is 0 Å². The Kier molecular flexibility index (Phi) is 4.57. The Morgan fingerprint density at radius 2 is 1.26 bits per heavy atom. The lowest BCUT2D eigenvalue weighted by Gasteiger charge is -2.08. The minimum Gasteiger partial charge on any atom is -0.205 e. The van der Waals surface area contributed by atoms with E-state index >= 15 is 0 Å². The molecule has 0 bridgehead atoms. The van der Waals surface area contributed by atoms with Crippen molar-refractivity contribution in [2.75, 3.05) is 0 Å². The van der Waals surface area contributed by atoms with E-state index in [2.05, 4.69) is 0 Å². The van der Waals surface area contributed by atoms with Crippen molar-refractivity contribution in [3.63, 3.8) is 0 Å². The lowest BCUT2D eigenvalue weighted by molar-refractivity contribution is 0.151. The Balaban J connectivity index is 2.51. The Bertz CT molecular complexity index is 603. The molecule has 0 unspecified atom stereocenters. The van der Waals surface area contributed by atoms with E-state index in [4.69, 9.17) is 46.4 Å². The average molecular weight is 342 g/mol. The third-order valence-electron chi connectivity index (χ3n) is 2.55. The van der Waals surface area contributed by atoms with Gasteiger partial charge in [-0.1, -0.05) is 58.5 Å². The first-order valence-corrected chi connectivity index (χ1v) is 6.64. The van der Waals surface area contributed by atoms with E-state index in [9.17, 15) is 8.78 Å². The fourth-order valence-electron chi connectivity index (χ4n) is 1.61. The lowest BCUT2D eigenvalue weighted by Crippen LogP contribution is -1.87. The van der Waals surface area contributed by atoms with Gasteiger partial charge in [0.05, 0.1) is 20.1 Å². The van der Waals surface area contributed by atoms with Crippen LogP contribution < -0.4 is 0 Å². The quantitative estimate of drug-likeness (QED) is 0.521. The van der Waals surface area contributed by atoms with Crippen molar-refractivity contribution in [1.82, 2.24) is 0 Å². The zero-order valence-electron chi connectivity index (χ0n) is 9.23. The summed E-state index contributed by atoms with van der Waals surface area (Å²) in [5, 5.41) is 0.827. The van der Waals surface area contributed by atoms with Gasteiger partial charge in [-0.2, -0.15) is 0 Å². The first kappa shape index (κ1) is 14.9. The first-order chi connectivity index (χ1) is 8.90. The minimum atomic E-state index is -2.61. The molecule has 0 aliphatic heterocycles. The molecule has 0 amide bonds. The predicted octanol–water partition coefficient (Wildman–Crippen LogP) is 6.90. The van der Waals surface area contributed by atoms with Crippen LogP contribution in [0.15, 0.2) is 30.3 Å². The van der Waals surface area contributed by atoms with E-state index in [1.165, 1.54) is 18.2 Å². The molecule has 0 fully saturated rings. The van der Waals surface area contributed by atoms with Crippen LogP contribution in [0.1, 0.15) is 12.0 Å². The van der Waals surface area contributed by atoms with Gasteiger partial charge in [0.25, 0.3) is 6.43 Å².